The summed E-state index contributed by atoms with van der Waals surface area (Å²) in [4.78, 5) is 4.43. The molecule has 4 heteroatoms. The van der Waals surface area contributed by atoms with E-state index in [1.807, 2.05) is 30.6 Å². The van der Waals surface area contributed by atoms with Gasteiger partial charge in [0, 0.05) is 28.8 Å². The minimum absolute atomic E-state index is 0.0108. The molecule has 0 spiro atoms. The number of imidazole rings is 1. The van der Waals surface area contributed by atoms with Gasteiger partial charge in [-0.15, -0.1) is 0 Å². The molecule has 0 atom stereocenters. The fourth-order valence-electron chi connectivity index (χ4n) is 2.03. The lowest BCUT2D eigenvalue weighted by Crippen LogP contribution is -2.19. The first-order chi connectivity index (χ1) is 8.91. The van der Waals surface area contributed by atoms with Gasteiger partial charge in [-0.25, -0.2) is 4.98 Å². The highest BCUT2D eigenvalue weighted by Crippen LogP contribution is 2.22. The first-order valence-corrected chi connectivity index (χ1v) is 6.91. The molecule has 0 unspecified atom stereocenters. The predicted octanol–water partition coefficient (Wildman–Crippen LogP) is 3.86. The van der Waals surface area contributed by atoms with Crippen molar-refractivity contribution < 1.29 is 0 Å². The van der Waals surface area contributed by atoms with E-state index in [1.54, 1.807) is 0 Å². The molecule has 2 aromatic rings. The maximum atomic E-state index is 9.05. The molecule has 1 aromatic heterocycles. The van der Waals surface area contributed by atoms with Gasteiger partial charge in [0.15, 0.2) is 0 Å². The largest absolute Gasteiger partial charge is 0.330 e. The fraction of sp³-hybridized carbons (Fsp3) is 0.333. The van der Waals surface area contributed by atoms with Gasteiger partial charge in [0.05, 0.1) is 5.56 Å². The standard InChI is InChI=1S/C15H16BrN3/c1-15(2,3)14-18-6-7-19(14)10-11-4-5-13(16)12(8-11)9-17/h4-8H,10H2,1-3H3. The van der Waals surface area contributed by atoms with Gasteiger partial charge in [-0.3, -0.25) is 0 Å². The highest BCUT2D eigenvalue weighted by atomic mass is 79.9. The Labute approximate surface area is 122 Å². The van der Waals surface area contributed by atoms with Crippen LogP contribution in [0, 0.1) is 11.3 Å². The van der Waals surface area contributed by atoms with Gasteiger partial charge in [-0.2, -0.15) is 5.26 Å². The van der Waals surface area contributed by atoms with Crippen molar-refractivity contribution in [3.63, 3.8) is 0 Å². The molecule has 0 N–H and O–H groups in total. The summed E-state index contributed by atoms with van der Waals surface area (Å²) in [7, 11) is 0. The van der Waals surface area contributed by atoms with Gasteiger partial charge in [-0.05, 0) is 33.6 Å². The second-order valence-electron chi connectivity index (χ2n) is 5.55. The normalized spacial score (nSPS) is 11.3. The van der Waals surface area contributed by atoms with Crippen LogP contribution in [0.4, 0.5) is 0 Å². The van der Waals surface area contributed by atoms with Gasteiger partial charge in [0.2, 0.25) is 0 Å². The zero-order valence-corrected chi connectivity index (χ0v) is 12.9. The van der Waals surface area contributed by atoms with Gasteiger partial charge in [0.25, 0.3) is 0 Å². The number of hydrogen-bond acceptors (Lipinski definition) is 2. The third-order valence-corrected chi connectivity index (χ3v) is 3.58. The van der Waals surface area contributed by atoms with Crippen LogP contribution in [-0.4, -0.2) is 9.55 Å². The van der Waals surface area contributed by atoms with Crippen LogP contribution < -0.4 is 0 Å². The Morgan fingerprint density at radius 2 is 2.11 bits per heavy atom. The monoisotopic (exact) mass is 317 g/mol. The van der Waals surface area contributed by atoms with E-state index in [0.717, 1.165) is 22.4 Å². The third kappa shape index (κ3) is 3.05. The number of nitriles is 1. The van der Waals surface area contributed by atoms with Crippen LogP contribution in [0.25, 0.3) is 0 Å². The van der Waals surface area contributed by atoms with Crippen LogP contribution in [0.15, 0.2) is 35.1 Å². The number of halogens is 1. The summed E-state index contributed by atoms with van der Waals surface area (Å²) in [5.74, 6) is 1.05. The Morgan fingerprint density at radius 1 is 1.37 bits per heavy atom. The molecule has 0 aliphatic carbocycles. The Hall–Kier alpha value is -1.60. The van der Waals surface area contributed by atoms with E-state index in [1.165, 1.54) is 0 Å². The lowest BCUT2D eigenvalue weighted by Gasteiger charge is -2.20. The summed E-state index contributed by atoms with van der Waals surface area (Å²) >= 11 is 3.37. The van der Waals surface area contributed by atoms with Crippen LogP contribution in [0.2, 0.25) is 0 Å². The molecule has 3 nitrogen and oxygen atoms in total. The van der Waals surface area contributed by atoms with Crippen molar-refractivity contribution in [1.82, 2.24) is 9.55 Å². The van der Waals surface area contributed by atoms with E-state index >= 15 is 0 Å². The molecule has 0 saturated carbocycles. The van der Waals surface area contributed by atoms with Crippen molar-refractivity contribution in [3.05, 3.63) is 52.0 Å². The van der Waals surface area contributed by atoms with E-state index < -0.39 is 0 Å². The number of hydrogen-bond donors (Lipinski definition) is 0. The molecule has 0 saturated heterocycles. The third-order valence-electron chi connectivity index (χ3n) is 2.89. The Morgan fingerprint density at radius 3 is 2.74 bits per heavy atom. The first-order valence-electron chi connectivity index (χ1n) is 6.12. The van der Waals surface area contributed by atoms with Crippen LogP contribution in [0.3, 0.4) is 0 Å². The molecule has 0 aliphatic rings. The topological polar surface area (TPSA) is 41.6 Å². The molecule has 0 fully saturated rings. The van der Waals surface area contributed by atoms with E-state index in [2.05, 4.69) is 52.3 Å². The predicted molar refractivity (Wildman–Crippen MR) is 78.9 cm³/mol. The summed E-state index contributed by atoms with van der Waals surface area (Å²) in [6, 6.07) is 8.04. The molecule has 0 radical (unpaired) electrons. The quantitative estimate of drug-likeness (QED) is 0.843. The van der Waals surface area contributed by atoms with E-state index in [9.17, 15) is 0 Å². The van der Waals surface area contributed by atoms with Crippen molar-refractivity contribution >= 4 is 15.9 Å². The number of benzene rings is 1. The summed E-state index contributed by atoms with van der Waals surface area (Å²) in [6.45, 7) is 7.17. The number of nitrogens with zero attached hydrogens (tertiary/aromatic N) is 3. The maximum absolute atomic E-state index is 9.05. The average molecular weight is 318 g/mol. The first kappa shape index (κ1) is 13.8. The minimum Gasteiger partial charge on any atom is -0.330 e. The second-order valence-corrected chi connectivity index (χ2v) is 6.41. The van der Waals surface area contributed by atoms with Gasteiger partial charge in [-0.1, -0.05) is 26.8 Å². The highest BCUT2D eigenvalue weighted by molar-refractivity contribution is 9.10. The van der Waals surface area contributed by atoms with Gasteiger partial charge in [0.1, 0.15) is 11.9 Å². The Balaban J connectivity index is 2.33. The number of rotatable bonds is 2. The Bertz CT molecular complexity index is 630. The summed E-state index contributed by atoms with van der Waals surface area (Å²) in [5.41, 5.74) is 1.77. The molecule has 1 heterocycles. The minimum atomic E-state index is 0.0108. The van der Waals surface area contributed by atoms with Crippen molar-refractivity contribution in [2.75, 3.05) is 0 Å². The molecular weight excluding hydrogens is 302 g/mol. The van der Waals surface area contributed by atoms with Crippen LogP contribution in [-0.2, 0) is 12.0 Å². The maximum Gasteiger partial charge on any atom is 0.114 e. The zero-order chi connectivity index (χ0) is 14.0. The number of aromatic nitrogens is 2. The van der Waals surface area contributed by atoms with Crippen molar-refractivity contribution in [3.8, 4) is 6.07 Å². The molecule has 0 bridgehead atoms. The molecule has 19 heavy (non-hydrogen) atoms. The summed E-state index contributed by atoms with van der Waals surface area (Å²) < 4.78 is 2.96. The van der Waals surface area contributed by atoms with E-state index in [-0.39, 0.29) is 5.41 Å². The van der Waals surface area contributed by atoms with Crippen molar-refractivity contribution in [2.24, 2.45) is 0 Å². The summed E-state index contributed by atoms with van der Waals surface area (Å²) in [5, 5.41) is 9.05. The highest BCUT2D eigenvalue weighted by Gasteiger charge is 2.19. The lowest BCUT2D eigenvalue weighted by molar-refractivity contribution is 0.511. The average Bonchev–Trinajstić information content (AvgIpc) is 2.79. The van der Waals surface area contributed by atoms with Crippen molar-refractivity contribution in [2.45, 2.75) is 32.7 Å². The van der Waals surface area contributed by atoms with E-state index in [4.69, 9.17) is 5.26 Å². The fourth-order valence-corrected chi connectivity index (χ4v) is 2.37. The lowest BCUT2D eigenvalue weighted by atomic mass is 9.95. The summed E-state index contributed by atoms with van der Waals surface area (Å²) in [6.07, 6.45) is 3.80. The molecule has 1 aromatic carbocycles. The molecule has 98 valence electrons. The SMILES string of the molecule is CC(C)(C)c1nccn1Cc1ccc(Br)c(C#N)c1. The molecule has 0 aliphatic heterocycles. The zero-order valence-electron chi connectivity index (χ0n) is 11.3. The van der Waals surface area contributed by atoms with Crippen molar-refractivity contribution in [1.29, 1.82) is 5.26 Å². The smallest absolute Gasteiger partial charge is 0.114 e. The van der Waals surface area contributed by atoms with Gasteiger partial charge >= 0.3 is 0 Å². The van der Waals surface area contributed by atoms with Crippen LogP contribution >= 0.6 is 15.9 Å². The molecule has 0 amide bonds. The van der Waals surface area contributed by atoms with Gasteiger partial charge < -0.3 is 4.57 Å². The second kappa shape index (κ2) is 5.18. The Kier molecular flexibility index (Phi) is 3.77. The van der Waals surface area contributed by atoms with E-state index in [0.29, 0.717) is 5.56 Å². The molecule has 2 rings (SSSR count). The van der Waals surface area contributed by atoms with Crippen LogP contribution in [0.1, 0.15) is 37.7 Å². The van der Waals surface area contributed by atoms with Crippen LogP contribution in [0.5, 0.6) is 0 Å². The molecular formula is C15H16BrN3.